The molecule has 0 aliphatic carbocycles. The maximum atomic E-state index is 6.10. The first-order valence-electron chi connectivity index (χ1n) is 8.11. The quantitative estimate of drug-likeness (QED) is 0.922. The van der Waals surface area contributed by atoms with Crippen LogP contribution in [0.1, 0.15) is 32.5 Å². The van der Waals surface area contributed by atoms with Gasteiger partial charge in [-0.3, -0.25) is 4.68 Å². The van der Waals surface area contributed by atoms with Crippen LogP contribution in [0.25, 0.3) is 11.3 Å². The summed E-state index contributed by atoms with van der Waals surface area (Å²) in [5.41, 5.74) is 8.93. The van der Waals surface area contributed by atoms with E-state index in [9.17, 15) is 0 Å². The number of hydrogen-bond donors (Lipinski definition) is 1. The highest BCUT2D eigenvalue weighted by molar-refractivity contribution is 5.66. The van der Waals surface area contributed by atoms with Gasteiger partial charge in [-0.1, -0.05) is 0 Å². The van der Waals surface area contributed by atoms with E-state index in [0.29, 0.717) is 13.2 Å². The molecule has 0 saturated carbocycles. The normalized spacial score (nSPS) is 19.8. The number of aryl methyl sites for hydroxylation is 1. The van der Waals surface area contributed by atoms with Crippen LogP contribution in [0.5, 0.6) is 0 Å². The van der Waals surface area contributed by atoms with Crippen LogP contribution in [0.4, 0.5) is 5.82 Å². The Balaban J connectivity index is 2.06. The Morgan fingerprint density at radius 2 is 2.26 bits per heavy atom. The van der Waals surface area contributed by atoms with E-state index in [4.69, 9.17) is 10.5 Å². The second-order valence-corrected chi connectivity index (χ2v) is 5.94. The molecule has 0 radical (unpaired) electrons. The predicted octanol–water partition coefficient (Wildman–Crippen LogP) is 1.60. The standard InChI is InChI=1S/C16H24N6O/c1-4-22-14(5-6-18-22)13-9-15(19-20-16(13)12(3)17)21-7-8-23-10-11(21)2/h5-6,9,11-12H,4,7-8,10,17H2,1-3H3. The van der Waals surface area contributed by atoms with Gasteiger partial charge in [-0.05, 0) is 32.9 Å². The molecule has 0 amide bonds. The van der Waals surface area contributed by atoms with Gasteiger partial charge in [-0.15, -0.1) is 5.10 Å². The van der Waals surface area contributed by atoms with Crippen molar-refractivity contribution in [2.24, 2.45) is 5.73 Å². The van der Waals surface area contributed by atoms with E-state index in [2.05, 4.69) is 40.1 Å². The highest BCUT2D eigenvalue weighted by atomic mass is 16.5. The largest absolute Gasteiger partial charge is 0.377 e. The van der Waals surface area contributed by atoms with Crippen molar-refractivity contribution in [3.8, 4) is 11.3 Å². The molecule has 2 aromatic rings. The lowest BCUT2D eigenvalue weighted by atomic mass is 10.1. The Bertz CT molecular complexity index is 668. The van der Waals surface area contributed by atoms with Crippen LogP contribution in [0, 0.1) is 0 Å². The molecule has 0 spiro atoms. The number of morpholine rings is 1. The average molecular weight is 316 g/mol. The van der Waals surface area contributed by atoms with Gasteiger partial charge in [0.1, 0.15) is 0 Å². The molecule has 1 saturated heterocycles. The van der Waals surface area contributed by atoms with E-state index < -0.39 is 0 Å². The number of anilines is 1. The number of aromatic nitrogens is 4. The van der Waals surface area contributed by atoms with Gasteiger partial charge < -0.3 is 15.4 Å². The second-order valence-electron chi connectivity index (χ2n) is 5.94. The lowest BCUT2D eigenvalue weighted by Gasteiger charge is -2.34. The maximum absolute atomic E-state index is 6.10. The zero-order valence-electron chi connectivity index (χ0n) is 13.9. The fourth-order valence-electron chi connectivity index (χ4n) is 2.95. The molecule has 124 valence electrons. The molecule has 3 rings (SSSR count). The Morgan fingerprint density at radius 1 is 1.43 bits per heavy atom. The van der Waals surface area contributed by atoms with Crippen molar-refractivity contribution < 1.29 is 4.74 Å². The summed E-state index contributed by atoms with van der Waals surface area (Å²) in [6.07, 6.45) is 1.81. The van der Waals surface area contributed by atoms with Crippen molar-refractivity contribution in [1.82, 2.24) is 20.0 Å². The van der Waals surface area contributed by atoms with Crippen molar-refractivity contribution >= 4 is 5.82 Å². The Kier molecular flexibility index (Phi) is 4.58. The van der Waals surface area contributed by atoms with E-state index in [1.54, 1.807) is 6.20 Å². The number of hydrogen-bond acceptors (Lipinski definition) is 6. The lowest BCUT2D eigenvalue weighted by Crippen LogP contribution is -2.44. The monoisotopic (exact) mass is 316 g/mol. The molecule has 1 aliphatic heterocycles. The molecule has 2 N–H and O–H groups in total. The van der Waals surface area contributed by atoms with Crippen LogP contribution >= 0.6 is 0 Å². The SMILES string of the molecule is CCn1nccc1-c1cc(N2CCOCC2C)nnc1C(C)N. The van der Waals surface area contributed by atoms with Gasteiger partial charge in [0.2, 0.25) is 0 Å². The summed E-state index contributed by atoms with van der Waals surface area (Å²) in [4.78, 5) is 2.23. The van der Waals surface area contributed by atoms with E-state index in [-0.39, 0.29) is 12.1 Å². The smallest absolute Gasteiger partial charge is 0.152 e. The topological polar surface area (TPSA) is 82.1 Å². The Hall–Kier alpha value is -1.99. The van der Waals surface area contributed by atoms with Gasteiger partial charge in [0, 0.05) is 30.9 Å². The first-order chi connectivity index (χ1) is 11.1. The second kappa shape index (κ2) is 6.64. The molecule has 2 aromatic heterocycles. The first kappa shape index (κ1) is 15.9. The number of nitrogens with two attached hydrogens (primary N) is 1. The molecule has 23 heavy (non-hydrogen) atoms. The minimum absolute atomic E-state index is 0.186. The van der Waals surface area contributed by atoms with Crippen LogP contribution in [0.15, 0.2) is 18.3 Å². The summed E-state index contributed by atoms with van der Waals surface area (Å²) in [5.74, 6) is 0.865. The van der Waals surface area contributed by atoms with E-state index in [1.165, 1.54) is 0 Å². The minimum Gasteiger partial charge on any atom is -0.377 e. The summed E-state index contributed by atoms with van der Waals surface area (Å²) in [6, 6.07) is 4.17. The third-order valence-electron chi connectivity index (χ3n) is 4.19. The van der Waals surface area contributed by atoms with Crippen molar-refractivity contribution in [3.63, 3.8) is 0 Å². The summed E-state index contributed by atoms with van der Waals surface area (Å²) in [6.45, 7) is 9.17. The first-order valence-corrected chi connectivity index (χ1v) is 8.11. The third-order valence-corrected chi connectivity index (χ3v) is 4.19. The zero-order valence-corrected chi connectivity index (χ0v) is 13.9. The predicted molar refractivity (Wildman–Crippen MR) is 89.2 cm³/mol. The van der Waals surface area contributed by atoms with Crippen molar-refractivity contribution in [1.29, 1.82) is 0 Å². The highest BCUT2D eigenvalue weighted by Crippen LogP contribution is 2.29. The number of nitrogens with zero attached hydrogens (tertiary/aromatic N) is 5. The molecule has 3 heterocycles. The van der Waals surface area contributed by atoms with E-state index in [1.807, 2.05) is 17.7 Å². The maximum Gasteiger partial charge on any atom is 0.152 e. The highest BCUT2D eigenvalue weighted by Gasteiger charge is 2.23. The molecule has 7 nitrogen and oxygen atoms in total. The lowest BCUT2D eigenvalue weighted by molar-refractivity contribution is 0.0984. The molecule has 7 heteroatoms. The van der Waals surface area contributed by atoms with Gasteiger partial charge >= 0.3 is 0 Å². The summed E-state index contributed by atoms with van der Waals surface area (Å²) >= 11 is 0. The van der Waals surface area contributed by atoms with Crippen LogP contribution in [-0.2, 0) is 11.3 Å². The van der Waals surface area contributed by atoms with E-state index >= 15 is 0 Å². The molecule has 2 atom stereocenters. The molecular formula is C16H24N6O. The van der Waals surface area contributed by atoms with Crippen molar-refractivity contribution in [3.05, 3.63) is 24.0 Å². The Morgan fingerprint density at radius 3 is 2.96 bits per heavy atom. The minimum atomic E-state index is -0.186. The summed E-state index contributed by atoms with van der Waals surface area (Å²) in [7, 11) is 0. The van der Waals surface area contributed by atoms with Crippen LogP contribution in [-0.4, -0.2) is 45.8 Å². The molecule has 0 aromatic carbocycles. The van der Waals surface area contributed by atoms with Crippen LogP contribution in [0.2, 0.25) is 0 Å². The Labute approximate surface area is 136 Å². The fourth-order valence-corrected chi connectivity index (χ4v) is 2.95. The van der Waals surface area contributed by atoms with E-state index in [0.717, 1.165) is 35.9 Å². The van der Waals surface area contributed by atoms with Gasteiger partial charge in [0.15, 0.2) is 5.82 Å². The third kappa shape index (κ3) is 3.07. The summed E-state index contributed by atoms with van der Waals surface area (Å²) < 4.78 is 7.46. The summed E-state index contributed by atoms with van der Waals surface area (Å²) in [5, 5.41) is 13.2. The molecule has 0 bridgehead atoms. The molecule has 1 fully saturated rings. The van der Waals surface area contributed by atoms with Crippen LogP contribution in [0.3, 0.4) is 0 Å². The van der Waals surface area contributed by atoms with Crippen molar-refractivity contribution in [2.45, 2.75) is 39.4 Å². The number of rotatable bonds is 4. The van der Waals surface area contributed by atoms with Gasteiger partial charge in [0.25, 0.3) is 0 Å². The van der Waals surface area contributed by atoms with Crippen LogP contribution < -0.4 is 10.6 Å². The fraction of sp³-hybridized carbons (Fsp3) is 0.562. The van der Waals surface area contributed by atoms with Gasteiger partial charge in [0.05, 0.1) is 30.6 Å². The van der Waals surface area contributed by atoms with Gasteiger partial charge in [-0.2, -0.15) is 10.2 Å². The molecule has 2 unspecified atom stereocenters. The van der Waals surface area contributed by atoms with Gasteiger partial charge in [-0.25, -0.2) is 0 Å². The number of ether oxygens (including phenoxy) is 1. The molecule has 1 aliphatic rings. The average Bonchev–Trinajstić information content (AvgIpc) is 3.03. The molecular weight excluding hydrogens is 292 g/mol. The van der Waals surface area contributed by atoms with Crippen molar-refractivity contribution in [2.75, 3.05) is 24.7 Å². The zero-order chi connectivity index (χ0) is 16.4.